The highest BCUT2D eigenvalue weighted by Gasteiger charge is 2.32. The molecular formula is C21H16FN5O4. The lowest BCUT2D eigenvalue weighted by molar-refractivity contribution is -0.148. The number of rotatable bonds is 3. The van der Waals surface area contributed by atoms with Gasteiger partial charge in [0.2, 0.25) is 11.7 Å². The van der Waals surface area contributed by atoms with Crippen molar-refractivity contribution in [2.24, 2.45) is 7.05 Å². The number of para-hydroxylation sites is 1. The van der Waals surface area contributed by atoms with Gasteiger partial charge in [0.1, 0.15) is 5.82 Å². The van der Waals surface area contributed by atoms with Gasteiger partial charge in [-0.25, -0.2) is 4.39 Å². The van der Waals surface area contributed by atoms with Gasteiger partial charge >= 0.3 is 5.97 Å². The fourth-order valence-electron chi connectivity index (χ4n) is 3.87. The number of fused-ring (bicyclic) bond motifs is 4. The minimum atomic E-state index is -0.857. The van der Waals surface area contributed by atoms with Crippen LogP contribution in [0.3, 0.4) is 0 Å². The van der Waals surface area contributed by atoms with Crippen LogP contribution in [0, 0.1) is 5.82 Å². The van der Waals surface area contributed by atoms with E-state index in [-0.39, 0.29) is 24.3 Å². The molecule has 1 unspecified atom stereocenters. The lowest BCUT2D eigenvalue weighted by Gasteiger charge is -2.24. The molecule has 2 aromatic heterocycles. The molecule has 1 aliphatic rings. The average molecular weight is 421 g/mol. The number of ether oxygens (including phenoxy) is 1. The Morgan fingerprint density at radius 2 is 2.03 bits per heavy atom. The van der Waals surface area contributed by atoms with Gasteiger partial charge in [0.15, 0.2) is 12.4 Å². The summed E-state index contributed by atoms with van der Waals surface area (Å²) < 4.78 is 22.0. The molecule has 1 amide bonds. The number of esters is 1. The molecule has 9 nitrogen and oxygen atoms in total. The van der Waals surface area contributed by atoms with Crippen LogP contribution in [0.15, 0.2) is 47.3 Å². The summed E-state index contributed by atoms with van der Waals surface area (Å²) in [5.41, 5.74) is 1.13. The molecule has 1 atom stereocenters. The average Bonchev–Trinajstić information content (AvgIpc) is 3.19. The highest BCUT2D eigenvalue weighted by Crippen LogP contribution is 2.33. The van der Waals surface area contributed by atoms with Crippen molar-refractivity contribution in [3.8, 4) is 0 Å². The van der Waals surface area contributed by atoms with Crippen LogP contribution >= 0.6 is 0 Å². The number of hydrogen-bond donors (Lipinski definition) is 1. The van der Waals surface area contributed by atoms with Crippen molar-refractivity contribution in [3.63, 3.8) is 0 Å². The molecule has 0 bridgehead atoms. The molecule has 3 heterocycles. The van der Waals surface area contributed by atoms with Crippen molar-refractivity contribution in [2.45, 2.75) is 18.9 Å². The summed E-state index contributed by atoms with van der Waals surface area (Å²) in [6.45, 7) is -0.211. The van der Waals surface area contributed by atoms with Crippen LogP contribution in [0.5, 0.6) is 0 Å². The van der Waals surface area contributed by atoms with Crippen molar-refractivity contribution in [1.29, 1.82) is 0 Å². The standard InChI is InChI=1S/C21H16FN5O4/c1-26-19(29)13-4-2-3-5-16(13)27-17(24-25-21(26)27)10-31-20(30)14-9-18(28)23-15-8-11(22)6-7-12(14)15/h2-8,14H,9-10H2,1H3,(H,23,28). The molecule has 2 aromatic carbocycles. The summed E-state index contributed by atoms with van der Waals surface area (Å²) in [5.74, 6) is -1.75. The first-order chi connectivity index (χ1) is 14.9. The molecule has 0 saturated carbocycles. The van der Waals surface area contributed by atoms with Crippen LogP contribution < -0.4 is 10.9 Å². The number of benzene rings is 2. The number of carbonyl (C=O) groups excluding carboxylic acids is 2. The fraction of sp³-hybridized carbons (Fsp3) is 0.190. The Labute approximate surface area is 174 Å². The Balaban J connectivity index is 1.48. The minimum absolute atomic E-state index is 0.102. The summed E-state index contributed by atoms with van der Waals surface area (Å²) in [7, 11) is 1.59. The maximum Gasteiger partial charge on any atom is 0.314 e. The number of nitrogens with one attached hydrogen (secondary N) is 1. The Morgan fingerprint density at radius 1 is 1.23 bits per heavy atom. The van der Waals surface area contributed by atoms with Gasteiger partial charge in [-0.05, 0) is 29.8 Å². The van der Waals surface area contributed by atoms with E-state index in [1.807, 2.05) is 0 Å². The lowest BCUT2D eigenvalue weighted by atomic mass is 9.90. The van der Waals surface area contributed by atoms with E-state index in [0.29, 0.717) is 28.1 Å². The number of halogens is 1. The molecular weight excluding hydrogens is 405 g/mol. The molecule has 5 rings (SSSR count). The van der Waals surface area contributed by atoms with Crippen LogP contribution in [0.4, 0.5) is 10.1 Å². The first-order valence-electron chi connectivity index (χ1n) is 9.51. The Morgan fingerprint density at radius 3 is 2.87 bits per heavy atom. The number of amides is 1. The molecule has 1 N–H and O–H groups in total. The van der Waals surface area contributed by atoms with Crippen molar-refractivity contribution >= 4 is 34.2 Å². The normalized spacial score (nSPS) is 15.7. The molecule has 0 fully saturated rings. The van der Waals surface area contributed by atoms with Gasteiger partial charge < -0.3 is 10.1 Å². The van der Waals surface area contributed by atoms with Gasteiger partial charge in [-0.15, -0.1) is 10.2 Å². The second kappa shape index (κ2) is 7.01. The van der Waals surface area contributed by atoms with Gasteiger partial charge in [-0.1, -0.05) is 18.2 Å². The van der Waals surface area contributed by atoms with E-state index in [1.165, 1.54) is 22.8 Å². The fourth-order valence-corrected chi connectivity index (χ4v) is 3.87. The van der Waals surface area contributed by atoms with Gasteiger partial charge in [0.25, 0.3) is 5.56 Å². The largest absolute Gasteiger partial charge is 0.457 e. The van der Waals surface area contributed by atoms with Crippen molar-refractivity contribution in [1.82, 2.24) is 19.2 Å². The first-order valence-corrected chi connectivity index (χ1v) is 9.51. The quantitative estimate of drug-likeness (QED) is 0.506. The van der Waals surface area contributed by atoms with Crippen molar-refractivity contribution < 1.29 is 18.7 Å². The lowest BCUT2D eigenvalue weighted by Crippen LogP contribution is -2.28. The van der Waals surface area contributed by atoms with Crippen LogP contribution in [-0.2, 0) is 28.0 Å². The third-order valence-corrected chi connectivity index (χ3v) is 5.38. The van der Waals surface area contributed by atoms with E-state index >= 15 is 0 Å². The van der Waals surface area contributed by atoms with E-state index in [4.69, 9.17) is 4.74 Å². The molecule has 0 aliphatic carbocycles. The topological polar surface area (TPSA) is 108 Å². The predicted molar refractivity (Wildman–Crippen MR) is 108 cm³/mol. The summed E-state index contributed by atoms with van der Waals surface area (Å²) in [4.78, 5) is 37.3. The van der Waals surface area contributed by atoms with Crippen LogP contribution in [0.1, 0.15) is 23.7 Å². The van der Waals surface area contributed by atoms with E-state index in [9.17, 15) is 18.8 Å². The Hall–Kier alpha value is -4.08. The molecule has 10 heteroatoms. The van der Waals surface area contributed by atoms with Crippen LogP contribution in [0.25, 0.3) is 16.7 Å². The van der Waals surface area contributed by atoms with Gasteiger partial charge in [-0.2, -0.15) is 0 Å². The Kier molecular flexibility index (Phi) is 4.28. The highest BCUT2D eigenvalue weighted by atomic mass is 19.1. The molecule has 4 aromatic rings. The summed E-state index contributed by atoms with van der Waals surface area (Å²) in [6, 6.07) is 10.9. The number of hydrogen-bond acceptors (Lipinski definition) is 6. The number of anilines is 1. The minimum Gasteiger partial charge on any atom is -0.457 e. The van der Waals surface area contributed by atoms with E-state index in [2.05, 4.69) is 15.5 Å². The zero-order valence-electron chi connectivity index (χ0n) is 16.3. The molecule has 0 spiro atoms. The zero-order valence-corrected chi connectivity index (χ0v) is 16.3. The summed E-state index contributed by atoms with van der Waals surface area (Å²) in [5, 5.41) is 11.2. The maximum atomic E-state index is 13.5. The van der Waals surface area contributed by atoms with E-state index < -0.39 is 23.6 Å². The second-order valence-corrected chi connectivity index (χ2v) is 7.28. The monoisotopic (exact) mass is 421 g/mol. The van der Waals surface area contributed by atoms with Gasteiger partial charge in [0, 0.05) is 19.2 Å². The SMILES string of the molecule is Cn1c(=O)c2ccccc2n2c(COC(=O)C3CC(=O)Nc4cc(F)ccc43)nnc12. The third-order valence-electron chi connectivity index (χ3n) is 5.38. The molecule has 1 aliphatic heterocycles. The summed E-state index contributed by atoms with van der Waals surface area (Å²) >= 11 is 0. The first kappa shape index (κ1) is 18.9. The van der Waals surface area contributed by atoms with E-state index in [0.717, 1.165) is 0 Å². The molecule has 31 heavy (non-hydrogen) atoms. The van der Waals surface area contributed by atoms with Crippen molar-refractivity contribution in [3.05, 3.63) is 70.0 Å². The third kappa shape index (κ3) is 3.03. The smallest absolute Gasteiger partial charge is 0.314 e. The maximum absolute atomic E-state index is 13.5. The number of aromatic nitrogens is 4. The molecule has 0 radical (unpaired) electrons. The Bertz CT molecular complexity index is 1440. The second-order valence-electron chi connectivity index (χ2n) is 7.28. The molecule has 156 valence electrons. The predicted octanol–water partition coefficient (Wildman–Crippen LogP) is 1.89. The molecule has 0 saturated heterocycles. The number of aryl methyl sites for hydroxylation is 1. The highest BCUT2D eigenvalue weighted by molar-refractivity contribution is 6.00. The summed E-state index contributed by atoms with van der Waals surface area (Å²) in [6.07, 6.45) is -0.102. The van der Waals surface area contributed by atoms with Crippen LogP contribution in [-0.4, -0.2) is 31.0 Å². The zero-order chi connectivity index (χ0) is 21.7. The number of carbonyl (C=O) groups is 2. The van der Waals surface area contributed by atoms with Gasteiger partial charge in [0.05, 0.1) is 16.8 Å². The van der Waals surface area contributed by atoms with Gasteiger partial charge in [-0.3, -0.25) is 23.4 Å². The van der Waals surface area contributed by atoms with Crippen molar-refractivity contribution in [2.75, 3.05) is 5.32 Å². The van der Waals surface area contributed by atoms with Crippen LogP contribution in [0.2, 0.25) is 0 Å². The van der Waals surface area contributed by atoms with E-state index in [1.54, 1.807) is 35.7 Å². The number of nitrogens with zero attached hydrogens (tertiary/aromatic N) is 4.